The highest BCUT2D eigenvalue weighted by atomic mass is 15.3. The van der Waals surface area contributed by atoms with Crippen LogP contribution in [0.2, 0.25) is 0 Å². The Morgan fingerprint density at radius 1 is 1.14 bits per heavy atom. The predicted molar refractivity (Wildman–Crippen MR) is 91.7 cm³/mol. The maximum atomic E-state index is 3.77. The molecule has 0 bridgehead atoms. The first-order valence-electron chi connectivity index (χ1n) is 8.55. The van der Waals surface area contributed by atoms with Gasteiger partial charge < -0.3 is 5.32 Å². The summed E-state index contributed by atoms with van der Waals surface area (Å²) in [5.41, 5.74) is 2.05. The quantitative estimate of drug-likeness (QED) is 0.855. The Bertz CT molecular complexity index is 420. The van der Waals surface area contributed by atoms with Crippen molar-refractivity contribution in [2.45, 2.75) is 64.5 Å². The average molecular weight is 288 g/mol. The van der Waals surface area contributed by atoms with Crippen molar-refractivity contribution in [3.63, 3.8) is 0 Å². The van der Waals surface area contributed by atoms with Gasteiger partial charge in [-0.25, -0.2) is 0 Å². The van der Waals surface area contributed by atoms with E-state index in [0.29, 0.717) is 5.54 Å². The molecule has 2 heteroatoms. The number of nitrogens with zero attached hydrogens (tertiary/aromatic N) is 1. The molecule has 1 saturated heterocycles. The second kappa shape index (κ2) is 6.93. The third kappa shape index (κ3) is 4.08. The predicted octanol–water partition coefficient (Wildman–Crippen LogP) is 3.86. The normalized spacial score (nSPS) is 19.6. The van der Waals surface area contributed by atoms with E-state index in [9.17, 15) is 0 Å². The molecule has 1 N–H and O–H groups in total. The minimum absolute atomic E-state index is 0.271. The molecular weight excluding hydrogens is 256 g/mol. The zero-order valence-corrected chi connectivity index (χ0v) is 14.3. The van der Waals surface area contributed by atoms with Gasteiger partial charge in [0.1, 0.15) is 0 Å². The first-order valence-corrected chi connectivity index (χ1v) is 8.55. The van der Waals surface area contributed by atoms with E-state index in [0.717, 1.165) is 6.54 Å². The standard InChI is InChI=1S/C19H32N2/c1-5-19(6-2)16-21(15-14-20-19)18(3,4)13-12-17-10-8-7-9-11-17/h7-11,20H,5-6,12-16H2,1-4H3. The van der Waals surface area contributed by atoms with E-state index in [1.165, 1.54) is 44.3 Å². The monoisotopic (exact) mass is 288 g/mol. The van der Waals surface area contributed by atoms with Crippen molar-refractivity contribution in [2.24, 2.45) is 0 Å². The minimum Gasteiger partial charge on any atom is -0.309 e. The topological polar surface area (TPSA) is 15.3 Å². The molecule has 0 saturated carbocycles. The van der Waals surface area contributed by atoms with Gasteiger partial charge in [-0.15, -0.1) is 0 Å². The van der Waals surface area contributed by atoms with Crippen LogP contribution in [0.25, 0.3) is 0 Å². The summed E-state index contributed by atoms with van der Waals surface area (Å²) in [4.78, 5) is 2.71. The molecule has 1 aliphatic rings. The summed E-state index contributed by atoms with van der Waals surface area (Å²) in [6, 6.07) is 10.9. The molecule has 0 unspecified atom stereocenters. The summed E-state index contributed by atoms with van der Waals surface area (Å²) in [6.07, 6.45) is 4.83. The molecule has 21 heavy (non-hydrogen) atoms. The fourth-order valence-corrected chi connectivity index (χ4v) is 3.45. The average Bonchev–Trinajstić information content (AvgIpc) is 2.54. The van der Waals surface area contributed by atoms with Gasteiger partial charge in [0.2, 0.25) is 0 Å². The second-order valence-corrected chi connectivity index (χ2v) is 7.13. The number of benzene rings is 1. The van der Waals surface area contributed by atoms with Crippen LogP contribution in [-0.2, 0) is 6.42 Å². The maximum Gasteiger partial charge on any atom is 0.0304 e. The van der Waals surface area contributed by atoms with E-state index in [2.05, 4.69) is 68.2 Å². The van der Waals surface area contributed by atoms with Gasteiger partial charge in [-0.05, 0) is 45.1 Å². The Morgan fingerprint density at radius 2 is 1.81 bits per heavy atom. The van der Waals surface area contributed by atoms with Gasteiger partial charge in [0, 0.05) is 30.7 Å². The largest absolute Gasteiger partial charge is 0.309 e. The summed E-state index contributed by atoms with van der Waals surface area (Å²) in [6.45, 7) is 12.9. The SMILES string of the molecule is CCC1(CC)CN(C(C)(C)CCc2ccccc2)CCN1. The van der Waals surface area contributed by atoms with Crippen LogP contribution < -0.4 is 5.32 Å². The highest BCUT2D eigenvalue weighted by Gasteiger charge is 2.37. The molecule has 0 aliphatic carbocycles. The van der Waals surface area contributed by atoms with Gasteiger partial charge >= 0.3 is 0 Å². The molecule has 2 rings (SSSR count). The summed E-state index contributed by atoms with van der Waals surface area (Å²) in [7, 11) is 0. The lowest BCUT2D eigenvalue weighted by atomic mass is 9.85. The van der Waals surface area contributed by atoms with Crippen molar-refractivity contribution >= 4 is 0 Å². The minimum atomic E-state index is 0.271. The van der Waals surface area contributed by atoms with Crippen LogP contribution in [0.4, 0.5) is 0 Å². The molecule has 1 aromatic carbocycles. The fourth-order valence-electron chi connectivity index (χ4n) is 3.45. The lowest BCUT2D eigenvalue weighted by Gasteiger charge is -2.49. The third-order valence-corrected chi connectivity index (χ3v) is 5.45. The Hall–Kier alpha value is -0.860. The third-order valence-electron chi connectivity index (χ3n) is 5.45. The highest BCUT2D eigenvalue weighted by Crippen LogP contribution is 2.28. The van der Waals surface area contributed by atoms with Crippen molar-refractivity contribution in [2.75, 3.05) is 19.6 Å². The van der Waals surface area contributed by atoms with Crippen molar-refractivity contribution in [1.29, 1.82) is 0 Å². The first-order chi connectivity index (χ1) is 10.0. The number of piperazine rings is 1. The van der Waals surface area contributed by atoms with E-state index in [-0.39, 0.29) is 5.54 Å². The molecule has 118 valence electrons. The van der Waals surface area contributed by atoms with Gasteiger partial charge in [-0.2, -0.15) is 0 Å². The second-order valence-electron chi connectivity index (χ2n) is 7.13. The number of aryl methyl sites for hydroxylation is 1. The maximum absolute atomic E-state index is 3.77. The lowest BCUT2D eigenvalue weighted by molar-refractivity contribution is 0.0369. The van der Waals surface area contributed by atoms with Crippen LogP contribution in [0.5, 0.6) is 0 Å². The Morgan fingerprint density at radius 3 is 2.43 bits per heavy atom. The summed E-state index contributed by atoms with van der Waals surface area (Å²) in [5.74, 6) is 0. The number of rotatable bonds is 6. The van der Waals surface area contributed by atoms with Gasteiger partial charge in [0.05, 0.1) is 0 Å². The molecule has 1 fully saturated rings. The number of nitrogens with one attached hydrogen (secondary N) is 1. The molecule has 2 nitrogen and oxygen atoms in total. The van der Waals surface area contributed by atoms with Crippen molar-refractivity contribution in [3.8, 4) is 0 Å². The Labute approximate surface area is 130 Å². The molecular formula is C19H32N2. The van der Waals surface area contributed by atoms with Crippen LogP contribution >= 0.6 is 0 Å². The van der Waals surface area contributed by atoms with E-state index in [1.54, 1.807) is 0 Å². The van der Waals surface area contributed by atoms with Gasteiger partial charge in [0.25, 0.3) is 0 Å². The van der Waals surface area contributed by atoms with Crippen LogP contribution in [0.1, 0.15) is 52.5 Å². The van der Waals surface area contributed by atoms with E-state index < -0.39 is 0 Å². The van der Waals surface area contributed by atoms with E-state index in [4.69, 9.17) is 0 Å². The fraction of sp³-hybridized carbons (Fsp3) is 0.684. The molecule has 0 amide bonds. The van der Waals surface area contributed by atoms with Crippen LogP contribution in [0.3, 0.4) is 0 Å². The smallest absolute Gasteiger partial charge is 0.0304 e. The van der Waals surface area contributed by atoms with Crippen molar-refractivity contribution < 1.29 is 0 Å². The zero-order chi connectivity index (χ0) is 15.3. The zero-order valence-electron chi connectivity index (χ0n) is 14.3. The molecule has 0 spiro atoms. The van der Waals surface area contributed by atoms with Crippen LogP contribution in [0.15, 0.2) is 30.3 Å². The molecule has 1 aliphatic heterocycles. The van der Waals surface area contributed by atoms with Crippen LogP contribution in [0, 0.1) is 0 Å². The first kappa shape index (κ1) is 16.5. The van der Waals surface area contributed by atoms with Crippen molar-refractivity contribution in [3.05, 3.63) is 35.9 Å². The van der Waals surface area contributed by atoms with E-state index >= 15 is 0 Å². The Kier molecular flexibility index (Phi) is 5.45. The summed E-state index contributed by atoms with van der Waals surface area (Å²) < 4.78 is 0. The molecule has 1 heterocycles. The van der Waals surface area contributed by atoms with Gasteiger partial charge in [-0.3, -0.25) is 4.90 Å². The number of hydrogen-bond donors (Lipinski definition) is 1. The van der Waals surface area contributed by atoms with Gasteiger partial charge in [0.15, 0.2) is 0 Å². The molecule has 0 aromatic heterocycles. The number of hydrogen-bond acceptors (Lipinski definition) is 2. The van der Waals surface area contributed by atoms with Gasteiger partial charge in [-0.1, -0.05) is 44.2 Å². The van der Waals surface area contributed by atoms with Crippen LogP contribution in [-0.4, -0.2) is 35.6 Å². The lowest BCUT2D eigenvalue weighted by Crippen LogP contribution is -2.64. The molecule has 0 atom stereocenters. The van der Waals surface area contributed by atoms with Crippen molar-refractivity contribution in [1.82, 2.24) is 10.2 Å². The molecule has 1 aromatic rings. The Balaban J connectivity index is 1.98. The summed E-state index contributed by atoms with van der Waals surface area (Å²) >= 11 is 0. The summed E-state index contributed by atoms with van der Waals surface area (Å²) in [5, 5.41) is 3.77. The van der Waals surface area contributed by atoms with E-state index in [1.807, 2.05) is 0 Å². The highest BCUT2D eigenvalue weighted by molar-refractivity contribution is 5.15. The molecule has 0 radical (unpaired) electrons.